The van der Waals surface area contributed by atoms with Gasteiger partial charge in [0.25, 0.3) is 0 Å². The molecule has 0 bridgehead atoms. The van der Waals surface area contributed by atoms with E-state index in [0.717, 1.165) is 25.0 Å². The minimum absolute atomic E-state index is 0.184. The Morgan fingerprint density at radius 2 is 1.88 bits per heavy atom. The first kappa shape index (κ1) is 13.7. The molecule has 1 aromatic rings. The molecule has 0 aliphatic rings. The fraction of sp³-hybridized carbons (Fsp3) is 0.571. The molecule has 0 spiro atoms. The van der Waals surface area contributed by atoms with Crippen LogP contribution in [-0.4, -0.2) is 12.7 Å². The van der Waals surface area contributed by atoms with Gasteiger partial charge in [0.2, 0.25) is 0 Å². The Hall–Kier alpha value is -1.38. The molecule has 1 aromatic carbocycles. The summed E-state index contributed by atoms with van der Waals surface area (Å²) in [5.74, 6) is 1.44. The number of rotatable bonds is 7. The van der Waals surface area contributed by atoms with E-state index in [1.165, 1.54) is 0 Å². The number of benzene rings is 1. The van der Waals surface area contributed by atoms with E-state index in [9.17, 15) is 0 Å². The normalized spacial score (nSPS) is 12.2. The first-order valence-electron chi connectivity index (χ1n) is 6.37. The van der Waals surface area contributed by atoms with Gasteiger partial charge in [0.1, 0.15) is 17.2 Å². The number of nitrogens with two attached hydrogens (primary N) is 1. The molecule has 3 heteroatoms. The van der Waals surface area contributed by atoms with Crippen LogP contribution in [0.25, 0.3) is 0 Å². The van der Waals surface area contributed by atoms with Crippen molar-refractivity contribution < 1.29 is 9.47 Å². The van der Waals surface area contributed by atoms with Gasteiger partial charge in [-0.2, -0.15) is 0 Å². The van der Waals surface area contributed by atoms with E-state index in [4.69, 9.17) is 15.2 Å². The van der Waals surface area contributed by atoms with Crippen LogP contribution in [0.2, 0.25) is 0 Å². The van der Waals surface area contributed by atoms with Gasteiger partial charge in [-0.05, 0) is 31.9 Å². The molecule has 0 aliphatic carbocycles. The van der Waals surface area contributed by atoms with Crippen LogP contribution < -0.4 is 15.2 Å². The Morgan fingerprint density at radius 1 is 1.18 bits per heavy atom. The van der Waals surface area contributed by atoms with Gasteiger partial charge in [-0.25, -0.2) is 0 Å². The molecular weight excluding hydrogens is 214 g/mol. The van der Waals surface area contributed by atoms with Crippen molar-refractivity contribution >= 4 is 5.69 Å². The summed E-state index contributed by atoms with van der Waals surface area (Å²) < 4.78 is 11.4. The predicted molar refractivity (Wildman–Crippen MR) is 71.6 cm³/mol. The average Bonchev–Trinajstić information content (AvgIpc) is 2.30. The highest BCUT2D eigenvalue weighted by Gasteiger charge is 2.09. The van der Waals surface area contributed by atoms with Gasteiger partial charge in [-0.1, -0.05) is 26.3 Å². The highest BCUT2D eigenvalue weighted by Crippen LogP contribution is 2.32. The monoisotopic (exact) mass is 237 g/mol. The second-order valence-electron chi connectivity index (χ2n) is 4.23. The predicted octanol–water partition coefficient (Wildman–Crippen LogP) is 3.63. The molecule has 0 fully saturated rings. The van der Waals surface area contributed by atoms with Gasteiger partial charge in [-0.15, -0.1) is 0 Å². The van der Waals surface area contributed by atoms with Crippen LogP contribution in [0, 0.1) is 0 Å². The van der Waals surface area contributed by atoms with Crippen LogP contribution in [0.5, 0.6) is 11.5 Å². The van der Waals surface area contributed by atoms with Crippen LogP contribution in [0.3, 0.4) is 0 Å². The van der Waals surface area contributed by atoms with Crippen molar-refractivity contribution in [3.8, 4) is 11.5 Å². The molecule has 0 saturated heterocycles. The van der Waals surface area contributed by atoms with E-state index in [-0.39, 0.29) is 6.10 Å². The van der Waals surface area contributed by atoms with E-state index in [0.29, 0.717) is 18.0 Å². The Labute approximate surface area is 104 Å². The third-order valence-electron chi connectivity index (χ3n) is 2.51. The first-order valence-corrected chi connectivity index (χ1v) is 6.37. The quantitative estimate of drug-likeness (QED) is 0.736. The molecule has 96 valence electrons. The summed E-state index contributed by atoms with van der Waals surface area (Å²) in [6, 6.07) is 5.68. The highest BCUT2D eigenvalue weighted by atomic mass is 16.5. The van der Waals surface area contributed by atoms with E-state index in [2.05, 4.69) is 20.8 Å². The second kappa shape index (κ2) is 7.05. The molecule has 2 N–H and O–H groups in total. The molecule has 1 atom stereocenters. The highest BCUT2D eigenvalue weighted by molar-refractivity contribution is 5.62. The summed E-state index contributed by atoms with van der Waals surface area (Å²) in [6.45, 7) is 6.95. The smallest absolute Gasteiger partial charge is 0.146 e. The van der Waals surface area contributed by atoms with Gasteiger partial charge in [-0.3, -0.25) is 0 Å². The third kappa shape index (κ3) is 4.17. The van der Waals surface area contributed by atoms with Crippen molar-refractivity contribution in [2.45, 2.75) is 46.1 Å². The van der Waals surface area contributed by atoms with E-state index in [1.807, 2.05) is 18.2 Å². The minimum atomic E-state index is 0.184. The summed E-state index contributed by atoms with van der Waals surface area (Å²) in [4.78, 5) is 0. The lowest BCUT2D eigenvalue weighted by Gasteiger charge is -2.17. The van der Waals surface area contributed by atoms with Gasteiger partial charge >= 0.3 is 0 Å². The Bertz CT molecular complexity index is 339. The van der Waals surface area contributed by atoms with Gasteiger partial charge in [0.15, 0.2) is 0 Å². The zero-order valence-electron chi connectivity index (χ0n) is 11.0. The number of hydrogen-bond donors (Lipinski definition) is 1. The number of hydrogen-bond acceptors (Lipinski definition) is 3. The third-order valence-corrected chi connectivity index (χ3v) is 2.51. The molecule has 0 saturated carbocycles. The van der Waals surface area contributed by atoms with Crippen molar-refractivity contribution in [3.05, 3.63) is 18.2 Å². The maximum atomic E-state index is 6.02. The van der Waals surface area contributed by atoms with Crippen LogP contribution >= 0.6 is 0 Å². The maximum Gasteiger partial charge on any atom is 0.146 e. The zero-order chi connectivity index (χ0) is 12.7. The molecular formula is C14H23NO2. The number of anilines is 1. The summed E-state index contributed by atoms with van der Waals surface area (Å²) in [7, 11) is 0. The molecule has 1 rings (SSSR count). The summed E-state index contributed by atoms with van der Waals surface area (Å²) in [6.07, 6.45) is 3.28. The van der Waals surface area contributed by atoms with Crippen molar-refractivity contribution in [2.24, 2.45) is 0 Å². The van der Waals surface area contributed by atoms with E-state index < -0.39 is 0 Å². The zero-order valence-corrected chi connectivity index (χ0v) is 11.0. The van der Waals surface area contributed by atoms with Crippen LogP contribution in [0.4, 0.5) is 5.69 Å². The van der Waals surface area contributed by atoms with Crippen LogP contribution in [-0.2, 0) is 0 Å². The number of ether oxygens (including phenoxy) is 2. The van der Waals surface area contributed by atoms with Crippen molar-refractivity contribution in [1.29, 1.82) is 0 Å². The number of para-hydroxylation sites is 1. The molecule has 17 heavy (non-hydrogen) atoms. The lowest BCUT2D eigenvalue weighted by Crippen LogP contribution is -2.12. The summed E-state index contributed by atoms with van der Waals surface area (Å²) in [5, 5.41) is 0. The standard InChI is InChI=1S/C14H23NO2/c1-4-7-11(3)17-13-9-6-8-12(14(13)15)16-10-5-2/h6,8-9,11H,4-5,7,10,15H2,1-3H3. The first-order chi connectivity index (χ1) is 8.19. The molecule has 1 unspecified atom stereocenters. The Morgan fingerprint density at radius 3 is 2.53 bits per heavy atom. The summed E-state index contributed by atoms with van der Waals surface area (Å²) >= 11 is 0. The van der Waals surface area contributed by atoms with Crippen LogP contribution in [0.15, 0.2) is 18.2 Å². The lowest BCUT2D eigenvalue weighted by molar-refractivity contribution is 0.210. The van der Waals surface area contributed by atoms with Gasteiger partial charge in [0.05, 0.1) is 12.7 Å². The molecule has 0 heterocycles. The van der Waals surface area contributed by atoms with Crippen molar-refractivity contribution in [3.63, 3.8) is 0 Å². The minimum Gasteiger partial charge on any atom is -0.491 e. The van der Waals surface area contributed by atoms with E-state index in [1.54, 1.807) is 0 Å². The average molecular weight is 237 g/mol. The van der Waals surface area contributed by atoms with Gasteiger partial charge < -0.3 is 15.2 Å². The number of nitrogen functional groups attached to an aromatic ring is 1. The fourth-order valence-electron chi connectivity index (χ4n) is 1.65. The molecule has 3 nitrogen and oxygen atoms in total. The Kier molecular flexibility index (Phi) is 5.67. The molecule has 0 aliphatic heterocycles. The van der Waals surface area contributed by atoms with Crippen molar-refractivity contribution in [2.75, 3.05) is 12.3 Å². The molecule has 0 amide bonds. The fourth-order valence-corrected chi connectivity index (χ4v) is 1.65. The Balaban J connectivity index is 2.72. The molecule has 0 radical (unpaired) electrons. The van der Waals surface area contributed by atoms with Gasteiger partial charge in [0, 0.05) is 0 Å². The molecule has 0 aromatic heterocycles. The summed E-state index contributed by atoms with van der Waals surface area (Å²) in [5.41, 5.74) is 6.62. The van der Waals surface area contributed by atoms with E-state index >= 15 is 0 Å². The van der Waals surface area contributed by atoms with Crippen molar-refractivity contribution in [1.82, 2.24) is 0 Å². The second-order valence-corrected chi connectivity index (χ2v) is 4.23. The SMILES string of the molecule is CCCOc1cccc(OC(C)CCC)c1N. The topological polar surface area (TPSA) is 44.5 Å². The largest absolute Gasteiger partial charge is 0.491 e. The van der Waals surface area contributed by atoms with Crippen LogP contribution in [0.1, 0.15) is 40.0 Å². The lowest BCUT2D eigenvalue weighted by atomic mass is 10.2. The maximum absolute atomic E-state index is 6.02.